The Hall–Kier alpha value is -3.25. The molecule has 32 heavy (non-hydrogen) atoms. The summed E-state index contributed by atoms with van der Waals surface area (Å²) in [6.45, 7) is 0.570. The molecule has 0 aliphatic rings. The summed E-state index contributed by atoms with van der Waals surface area (Å²) >= 11 is 1.72. The largest absolute Gasteiger partial charge is 0.494 e. The minimum atomic E-state index is -0.744. The standard InChI is InChI=1S/C26H26N2O3S/c29-25(30)14-8-3-9-17-31-22-15-16-23-24(18-22)28(21-12-6-2-7-13-21)26(27-23)32-19-20-10-4-1-5-11-20/h1-2,4-7,10-13,15-16,18H,3,8-9,14,17,19H2,(H,29,30). The fraction of sp³-hybridized carbons (Fsp3) is 0.231. The highest BCUT2D eigenvalue weighted by Gasteiger charge is 2.14. The average Bonchev–Trinajstić information content (AvgIpc) is 3.18. The number of para-hydroxylation sites is 1. The third-order valence-corrected chi connectivity index (χ3v) is 6.13. The van der Waals surface area contributed by atoms with E-state index in [-0.39, 0.29) is 6.42 Å². The van der Waals surface area contributed by atoms with Crippen molar-refractivity contribution < 1.29 is 14.6 Å². The van der Waals surface area contributed by atoms with Gasteiger partial charge in [-0.05, 0) is 49.1 Å². The van der Waals surface area contributed by atoms with E-state index in [1.807, 2.05) is 42.5 Å². The number of benzene rings is 3. The normalized spacial score (nSPS) is 11.0. The molecule has 3 aromatic carbocycles. The highest BCUT2D eigenvalue weighted by molar-refractivity contribution is 7.98. The molecule has 0 bridgehead atoms. The predicted molar refractivity (Wildman–Crippen MR) is 129 cm³/mol. The van der Waals surface area contributed by atoms with Crippen LogP contribution < -0.4 is 4.74 Å². The number of imidazole rings is 1. The third kappa shape index (κ3) is 5.71. The fourth-order valence-corrected chi connectivity index (χ4v) is 4.50. The van der Waals surface area contributed by atoms with Gasteiger partial charge in [0.15, 0.2) is 5.16 Å². The number of rotatable bonds is 11. The lowest BCUT2D eigenvalue weighted by Crippen LogP contribution is -2.00. The van der Waals surface area contributed by atoms with E-state index >= 15 is 0 Å². The summed E-state index contributed by atoms with van der Waals surface area (Å²) in [6.07, 6.45) is 2.57. The molecule has 5 nitrogen and oxygen atoms in total. The van der Waals surface area contributed by atoms with Crippen LogP contribution in [0.4, 0.5) is 0 Å². The molecule has 1 N–H and O–H groups in total. The molecule has 6 heteroatoms. The second kappa shape index (κ2) is 10.9. The van der Waals surface area contributed by atoms with E-state index in [1.165, 1.54) is 5.56 Å². The molecule has 0 amide bonds. The first kappa shape index (κ1) is 22.0. The highest BCUT2D eigenvalue weighted by Crippen LogP contribution is 2.32. The summed E-state index contributed by atoms with van der Waals surface area (Å²) < 4.78 is 8.14. The van der Waals surface area contributed by atoms with Crippen LogP contribution >= 0.6 is 11.8 Å². The van der Waals surface area contributed by atoms with Crippen molar-refractivity contribution in [1.82, 2.24) is 9.55 Å². The van der Waals surface area contributed by atoms with Gasteiger partial charge in [-0.3, -0.25) is 9.36 Å². The molecule has 1 aromatic heterocycles. The first-order valence-corrected chi connectivity index (χ1v) is 11.8. The summed E-state index contributed by atoms with van der Waals surface area (Å²) in [4.78, 5) is 15.5. The van der Waals surface area contributed by atoms with Gasteiger partial charge in [-0.2, -0.15) is 0 Å². The first-order valence-electron chi connectivity index (χ1n) is 10.8. The van der Waals surface area contributed by atoms with E-state index in [0.717, 1.165) is 46.2 Å². The number of carboxylic acids is 1. The Morgan fingerprint density at radius 2 is 1.69 bits per heavy atom. The summed E-state index contributed by atoms with van der Waals surface area (Å²) in [5.74, 6) is 0.898. The van der Waals surface area contributed by atoms with Crippen LogP contribution in [0, 0.1) is 0 Å². The molecule has 0 fully saturated rings. The molecule has 0 saturated heterocycles. The minimum Gasteiger partial charge on any atom is -0.494 e. The number of aliphatic carboxylic acids is 1. The molecule has 0 aliphatic heterocycles. The summed E-state index contributed by atoms with van der Waals surface area (Å²) in [5.41, 5.74) is 4.26. The maximum absolute atomic E-state index is 10.6. The number of thioether (sulfide) groups is 1. The maximum atomic E-state index is 10.6. The number of hydrogen-bond donors (Lipinski definition) is 1. The molecule has 0 atom stereocenters. The Kier molecular flexibility index (Phi) is 7.46. The molecule has 4 aromatic rings. The van der Waals surface area contributed by atoms with Crippen LogP contribution in [0.15, 0.2) is 84.0 Å². The molecule has 0 unspecified atom stereocenters. The second-order valence-electron chi connectivity index (χ2n) is 7.54. The highest BCUT2D eigenvalue weighted by atomic mass is 32.2. The van der Waals surface area contributed by atoms with Crippen molar-refractivity contribution in [3.8, 4) is 11.4 Å². The average molecular weight is 447 g/mol. The van der Waals surface area contributed by atoms with Gasteiger partial charge in [-0.1, -0.05) is 60.3 Å². The summed E-state index contributed by atoms with van der Waals surface area (Å²) in [7, 11) is 0. The van der Waals surface area contributed by atoms with E-state index in [9.17, 15) is 4.79 Å². The van der Waals surface area contributed by atoms with Crippen LogP contribution in [-0.4, -0.2) is 27.2 Å². The Morgan fingerprint density at radius 1 is 0.938 bits per heavy atom. The number of ether oxygens (including phenoxy) is 1. The zero-order valence-electron chi connectivity index (χ0n) is 17.8. The molecular weight excluding hydrogens is 420 g/mol. The number of hydrogen-bond acceptors (Lipinski definition) is 4. The Morgan fingerprint density at radius 3 is 2.44 bits per heavy atom. The Balaban J connectivity index is 1.53. The molecule has 0 aliphatic carbocycles. The van der Waals surface area contributed by atoms with E-state index < -0.39 is 5.97 Å². The van der Waals surface area contributed by atoms with Crippen LogP contribution in [0.5, 0.6) is 5.75 Å². The number of carbonyl (C=O) groups is 1. The topological polar surface area (TPSA) is 64.3 Å². The van der Waals surface area contributed by atoms with Gasteiger partial charge in [0.25, 0.3) is 0 Å². The van der Waals surface area contributed by atoms with Gasteiger partial charge in [0.1, 0.15) is 5.75 Å². The van der Waals surface area contributed by atoms with Gasteiger partial charge in [-0.15, -0.1) is 0 Å². The van der Waals surface area contributed by atoms with Crippen molar-refractivity contribution in [2.45, 2.75) is 36.6 Å². The van der Waals surface area contributed by atoms with E-state index in [0.29, 0.717) is 13.0 Å². The molecule has 0 spiro atoms. The minimum absolute atomic E-state index is 0.214. The first-order chi connectivity index (χ1) is 15.7. The Labute approximate surface area is 192 Å². The summed E-state index contributed by atoms with van der Waals surface area (Å²) in [6, 6.07) is 26.6. The van der Waals surface area contributed by atoms with E-state index in [2.05, 4.69) is 41.0 Å². The van der Waals surface area contributed by atoms with Crippen LogP contribution in [0.3, 0.4) is 0 Å². The summed E-state index contributed by atoms with van der Waals surface area (Å²) in [5, 5.41) is 9.68. The lowest BCUT2D eigenvalue weighted by molar-refractivity contribution is -0.137. The molecule has 0 saturated carbocycles. The second-order valence-corrected chi connectivity index (χ2v) is 8.49. The quantitative estimate of drug-likeness (QED) is 0.215. The van der Waals surface area contributed by atoms with Gasteiger partial charge in [0.2, 0.25) is 0 Å². The van der Waals surface area contributed by atoms with Gasteiger partial charge in [0, 0.05) is 23.9 Å². The van der Waals surface area contributed by atoms with Crippen molar-refractivity contribution in [2.75, 3.05) is 6.61 Å². The SMILES string of the molecule is O=C(O)CCCCCOc1ccc2nc(SCc3ccccc3)n(-c3ccccc3)c2c1. The third-order valence-electron chi connectivity index (χ3n) is 5.12. The van der Waals surface area contributed by atoms with Gasteiger partial charge in [-0.25, -0.2) is 4.98 Å². The predicted octanol–water partition coefficient (Wildman–Crippen LogP) is 6.34. The molecule has 164 valence electrons. The van der Waals surface area contributed by atoms with E-state index in [4.69, 9.17) is 14.8 Å². The van der Waals surface area contributed by atoms with Crippen molar-refractivity contribution in [3.05, 3.63) is 84.4 Å². The lowest BCUT2D eigenvalue weighted by Gasteiger charge is -2.10. The molecular formula is C26H26N2O3S. The van der Waals surface area contributed by atoms with Crippen molar-refractivity contribution in [2.24, 2.45) is 0 Å². The Bertz CT molecular complexity index is 1160. The molecule has 1 heterocycles. The van der Waals surface area contributed by atoms with Crippen LogP contribution in [0.2, 0.25) is 0 Å². The van der Waals surface area contributed by atoms with Crippen LogP contribution in [0.1, 0.15) is 31.2 Å². The van der Waals surface area contributed by atoms with Gasteiger partial charge in [0.05, 0.1) is 17.6 Å². The van der Waals surface area contributed by atoms with Crippen molar-refractivity contribution in [1.29, 1.82) is 0 Å². The zero-order valence-corrected chi connectivity index (χ0v) is 18.6. The molecule has 4 rings (SSSR count). The fourth-order valence-electron chi connectivity index (χ4n) is 3.51. The number of aromatic nitrogens is 2. The smallest absolute Gasteiger partial charge is 0.303 e. The van der Waals surface area contributed by atoms with Crippen molar-refractivity contribution in [3.63, 3.8) is 0 Å². The number of fused-ring (bicyclic) bond motifs is 1. The molecule has 0 radical (unpaired) electrons. The zero-order chi connectivity index (χ0) is 22.2. The van der Waals surface area contributed by atoms with Gasteiger partial charge >= 0.3 is 5.97 Å². The maximum Gasteiger partial charge on any atom is 0.303 e. The number of carboxylic acid groups (broad SMARTS) is 1. The number of unbranched alkanes of at least 4 members (excludes halogenated alkanes) is 2. The van der Waals surface area contributed by atoms with E-state index in [1.54, 1.807) is 11.8 Å². The van der Waals surface area contributed by atoms with Gasteiger partial charge < -0.3 is 9.84 Å². The monoisotopic (exact) mass is 446 g/mol. The van der Waals surface area contributed by atoms with Crippen LogP contribution in [0.25, 0.3) is 16.7 Å². The van der Waals surface area contributed by atoms with Crippen LogP contribution in [-0.2, 0) is 10.5 Å². The van der Waals surface area contributed by atoms with Crippen molar-refractivity contribution >= 4 is 28.8 Å². The number of nitrogens with zero attached hydrogens (tertiary/aromatic N) is 2. The lowest BCUT2D eigenvalue weighted by atomic mass is 10.2.